The zero-order chi connectivity index (χ0) is 14.2. The van der Waals surface area contributed by atoms with Crippen LogP contribution >= 0.6 is 27.3 Å². The van der Waals surface area contributed by atoms with Gasteiger partial charge in [0.15, 0.2) is 0 Å². The molecular formula is C16H13BrN2OS. The highest BCUT2D eigenvalue weighted by Crippen LogP contribution is 2.39. The molecule has 0 fully saturated rings. The van der Waals surface area contributed by atoms with E-state index in [0.29, 0.717) is 6.61 Å². The molecule has 0 saturated carbocycles. The maximum absolute atomic E-state index is 5.97. The van der Waals surface area contributed by atoms with Crippen LogP contribution in [0.15, 0.2) is 35.1 Å². The van der Waals surface area contributed by atoms with Crippen LogP contribution in [0.4, 0.5) is 0 Å². The van der Waals surface area contributed by atoms with Gasteiger partial charge in [0.25, 0.3) is 0 Å². The summed E-state index contributed by atoms with van der Waals surface area (Å²) in [5.41, 5.74) is 2.54. The molecule has 0 saturated heterocycles. The summed E-state index contributed by atoms with van der Waals surface area (Å²) in [6.07, 6.45) is 5.13. The molecule has 1 aliphatic rings. The van der Waals surface area contributed by atoms with Gasteiger partial charge in [-0.25, -0.2) is 9.97 Å². The van der Waals surface area contributed by atoms with Crippen LogP contribution in [0, 0.1) is 0 Å². The van der Waals surface area contributed by atoms with Gasteiger partial charge in [-0.1, -0.05) is 28.1 Å². The summed E-state index contributed by atoms with van der Waals surface area (Å²) in [5, 5.41) is 1.13. The number of ether oxygens (including phenoxy) is 1. The third-order valence-electron chi connectivity index (χ3n) is 3.76. The minimum absolute atomic E-state index is 0.532. The first kappa shape index (κ1) is 13.2. The van der Waals surface area contributed by atoms with E-state index in [9.17, 15) is 0 Å². The Hall–Kier alpha value is -1.46. The number of aryl methyl sites for hydroxylation is 2. The SMILES string of the molecule is Brc1ccc(COc2ncnc3sc4c(c23)CCC4)cc1. The van der Waals surface area contributed by atoms with E-state index < -0.39 is 0 Å². The summed E-state index contributed by atoms with van der Waals surface area (Å²) >= 11 is 5.23. The third-order valence-corrected chi connectivity index (χ3v) is 5.48. The van der Waals surface area contributed by atoms with Gasteiger partial charge in [0.1, 0.15) is 17.8 Å². The monoisotopic (exact) mass is 360 g/mol. The van der Waals surface area contributed by atoms with Crippen LogP contribution in [0.5, 0.6) is 5.88 Å². The Labute approximate surface area is 135 Å². The summed E-state index contributed by atoms with van der Waals surface area (Å²) in [6, 6.07) is 8.16. The predicted molar refractivity (Wildman–Crippen MR) is 87.9 cm³/mol. The van der Waals surface area contributed by atoms with E-state index in [1.807, 2.05) is 12.1 Å². The number of hydrogen-bond acceptors (Lipinski definition) is 4. The third kappa shape index (κ3) is 2.45. The van der Waals surface area contributed by atoms with E-state index in [-0.39, 0.29) is 0 Å². The molecule has 0 N–H and O–H groups in total. The predicted octanol–water partition coefficient (Wildman–Crippen LogP) is 4.52. The highest BCUT2D eigenvalue weighted by Gasteiger charge is 2.21. The van der Waals surface area contributed by atoms with Crippen molar-refractivity contribution in [2.45, 2.75) is 25.9 Å². The van der Waals surface area contributed by atoms with Crippen molar-refractivity contribution in [2.24, 2.45) is 0 Å². The average Bonchev–Trinajstić information content (AvgIpc) is 3.07. The van der Waals surface area contributed by atoms with E-state index in [1.54, 1.807) is 17.7 Å². The highest BCUT2D eigenvalue weighted by atomic mass is 79.9. The Kier molecular flexibility index (Phi) is 3.39. The minimum atomic E-state index is 0.532. The van der Waals surface area contributed by atoms with Gasteiger partial charge >= 0.3 is 0 Å². The molecule has 1 aliphatic carbocycles. The highest BCUT2D eigenvalue weighted by molar-refractivity contribution is 9.10. The largest absolute Gasteiger partial charge is 0.472 e. The van der Waals surface area contributed by atoms with Crippen molar-refractivity contribution >= 4 is 37.5 Å². The molecule has 1 aromatic carbocycles. The fourth-order valence-electron chi connectivity index (χ4n) is 2.74. The maximum Gasteiger partial charge on any atom is 0.225 e. The second-order valence-electron chi connectivity index (χ2n) is 5.13. The lowest BCUT2D eigenvalue weighted by Crippen LogP contribution is -1.98. The lowest BCUT2D eigenvalue weighted by atomic mass is 10.2. The van der Waals surface area contributed by atoms with Crippen LogP contribution in [-0.4, -0.2) is 9.97 Å². The number of fused-ring (bicyclic) bond motifs is 3. The van der Waals surface area contributed by atoms with E-state index >= 15 is 0 Å². The molecule has 3 nitrogen and oxygen atoms in total. The summed E-state index contributed by atoms with van der Waals surface area (Å²) in [6.45, 7) is 0.532. The van der Waals surface area contributed by atoms with E-state index in [1.165, 1.54) is 23.3 Å². The molecule has 0 bridgehead atoms. The maximum atomic E-state index is 5.97. The Morgan fingerprint density at radius 3 is 2.86 bits per heavy atom. The van der Waals surface area contributed by atoms with Gasteiger partial charge in [-0.15, -0.1) is 11.3 Å². The van der Waals surface area contributed by atoms with Gasteiger partial charge in [-0.2, -0.15) is 0 Å². The molecule has 0 spiro atoms. The molecule has 5 heteroatoms. The molecule has 0 amide bonds. The van der Waals surface area contributed by atoms with Crippen LogP contribution in [0.25, 0.3) is 10.2 Å². The lowest BCUT2D eigenvalue weighted by molar-refractivity contribution is 0.297. The Balaban J connectivity index is 1.65. The van der Waals surface area contributed by atoms with Crippen LogP contribution in [0.2, 0.25) is 0 Å². The van der Waals surface area contributed by atoms with Crippen molar-refractivity contribution in [3.05, 3.63) is 51.1 Å². The quantitative estimate of drug-likeness (QED) is 0.688. The number of hydrogen-bond donors (Lipinski definition) is 0. The molecule has 0 atom stereocenters. The first-order valence-corrected chi connectivity index (χ1v) is 8.55. The molecule has 106 valence electrons. The first-order chi connectivity index (χ1) is 10.3. The van der Waals surface area contributed by atoms with Gasteiger partial charge in [0, 0.05) is 9.35 Å². The molecular weight excluding hydrogens is 348 g/mol. The van der Waals surface area contributed by atoms with Crippen molar-refractivity contribution in [3.63, 3.8) is 0 Å². The number of halogens is 1. The van der Waals surface area contributed by atoms with E-state index in [4.69, 9.17) is 4.74 Å². The number of aromatic nitrogens is 2. The second kappa shape index (κ2) is 5.39. The molecule has 0 unspecified atom stereocenters. The van der Waals surface area contributed by atoms with E-state index in [2.05, 4.69) is 38.0 Å². The number of benzene rings is 1. The van der Waals surface area contributed by atoms with Gasteiger partial charge in [0.05, 0.1) is 5.39 Å². The Morgan fingerprint density at radius 2 is 2.00 bits per heavy atom. The zero-order valence-corrected chi connectivity index (χ0v) is 13.7. The van der Waals surface area contributed by atoms with Crippen molar-refractivity contribution in [3.8, 4) is 5.88 Å². The summed E-state index contributed by atoms with van der Waals surface area (Å²) < 4.78 is 7.04. The second-order valence-corrected chi connectivity index (χ2v) is 7.13. The van der Waals surface area contributed by atoms with Crippen LogP contribution in [0.3, 0.4) is 0 Å². The molecule has 0 aliphatic heterocycles. The molecule has 21 heavy (non-hydrogen) atoms. The molecule has 3 aromatic rings. The van der Waals surface area contributed by atoms with Crippen molar-refractivity contribution in [2.75, 3.05) is 0 Å². The minimum Gasteiger partial charge on any atom is -0.472 e. The van der Waals surface area contributed by atoms with Crippen LogP contribution in [0.1, 0.15) is 22.4 Å². The smallest absolute Gasteiger partial charge is 0.225 e. The van der Waals surface area contributed by atoms with Crippen molar-refractivity contribution in [1.82, 2.24) is 9.97 Å². The average molecular weight is 361 g/mol. The van der Waals surface area contributed by atoms with Gasteiger partial charge in [-0.3, -0.25) is 0 Å². The van der Waals surface area contributed by atoms with Gasteiger partial charge in [-0.05, 0) is 42.5 Å². The van der Waals surface area contributed by atoms with E-state index in [0.717, 1.165) is 32.6 Å². The lowest BCUT2D eigenvalue weighted by Gasteiger charge is -2.07. The summed E-state index contributed by atoms with van der Waals surface area (Å²) in [4.78, 5) is 11.3. The van der Waals surface area contributed by atoms with Crippen LogP contribution in [-0.2, 0) is 19.4 Å². The summed E-state index contributed by atoms with van der Waals surface area (Å²) in [5.74, 6) is 0.724. The number of nitrogens with zero attached hydrogens (tertiary/aromatic N) is 2. The Bertz CT molecular complexity index is 798. The molecule has 0 radical (unpaired) electrons. The van der Waals surface area contributed by atoms with Crippen molar-refractivity contribution < 1.29 is 4.74 Å². The fraction of sp³-hybridized carbons (Fsp3) is 0.250. The van der Waals surface area contributed by atoms with Gasteiger partial charge in [0.2, 0.25) is 5.88 Å². The van der Waals surface area contributed by atoms with Crippen molar-refractivity contribution in [1.29, 1.82) is 0 Å². The zero-order valence-electron chi connectivity index (χ0n) is 11.3. The fourth-order valence-corrected chi connectivity index (χ4v) is 4.23. The topological polar surface area (TPSA) is 35.0 Å². The van der Waals surface area contributed by atoms with Crippen LogP contribution < -0.4 is 4.74 Å². The number of thiophene rings is 1. The number of rotatable bonds is 3. The van der Waals surface area contributed by atoms with Gasteiger partial charge < -0.3 is 4.74 Å². The molecule has 4 rings (SSSR count). The standard InChI is InChI=1S/C16H13BrN2OS/c17-11-6-4-10(5-7-11)8-20-15-14-12-2-1-3-13(12)21-16(14)19-9-18-15/h4-7,9H,1-3,8H2. The first-order valence-electron chi connectivity index (χ1n) is 6.94. The normalized spacial score (nSPS) is 13.6. The molecule has 2 aromatic heterocycles. The summed E-state index contributed by atoms with van der Waals surface area (Å²) in [7, 11) is 0. The Morgan fingerprint density at radius 1 is 1.14 bits per heavy atom. The molecule has 2 heterocycles.